The van der Waals surface area contributed by atoms with Crippen LogP contribution in [0.5, 0.6) is 0 Å². The SMILES string of the molecule is CCCN(C(=O)CNC1C[C@H](CC(C)OC(=O)Nc2ccccc2)[C@H](C)C1)C(C)C#N. The topological polar surface area (TPSA) is 94.5 Å². The molecular weight excluding hydrogens is 392 g/mol. The highest BCUT2D eigenvalue weighted by molar-refractivity contribution is 5.84. The second-order valence-electron chi connectivity index (χ2n) is 8.62. The summed E-state index contributed by atoms with van der Waals surface area (Å²) in [6.07, 6.45) is 2.94. The molecule has 7 heteroatoms. The number of para-hydroxylation sites is 1. The zero-order chi connectivity index (χ0) is 22.8. The van der Waals surface area contributed by atoms with E-state index < -0.39 is 12.1 Å². The first-order valence-corrected chi connectivity index (χ1v) is 11.3. The van der Waals surface area contributed by atoms with Gasteiger partial charge in [0.25, 0.3) is 0 Å². The summed E-state index contributed by atoms with van der Waals surface area (Å²) in [5, 5.41) is 15.3. The number of anilines is 1. The Morgan fingerprint density at radius 3 is 2.61 bits per heavy atom. The molecule has 5 atom stereocenters. The fraction of sp³-hybridized carbons (Fsp3) is 0.625. The predicted molar refractivity (Wildman–Crippen MR) is 121 cm³/mol. The summed E-state index contributed by atoms with van der Waals surface area (Å²) in [5.74, 6) is 0.888. The summed E-state index contributed by atoms with van der Waals surface area (Å²) in [4.78, 5) is 26.3. The summed E-state index contributed by atoms with van der Waals surface area (Å²) in [6, 6.07) is 11.3. The van der Waals surface area contributed by atoms with E-state index in [-0.39, 0.29) is 24.6 Å². The maximum absolute atomic E-state index is 12.6. The van der Waals surface area contributed by atoms with Gasteiger partial charge < -0.3 is 15.0 Å². The fourth-order valence-electron chi connectivity index (χ4n) is 4.33. The number of rotatable bonds is 10. The number of nitriles is 1. The molecule has 1 fully saturated rings. The van der Waals surface area contributed by atoms with Crippen molar-refractivity contribution >= 4 is 17.7 Å². The van der Waals surface area contributed by atoms with Crippen LogP contribution in [0.25, 0.3) is 0 Å². The number of hydrogen-bond acceptors (Lipinski definition) is 5. The van der Waals surface area contributed by atoms with E-state index in [0.29, 0.717) is 24.1 Å². The van der Waals surface area contributed by atoms with Crippen LogP contribution in [0.4, 0.5) is 10.5 Å². The van der Waals surface area contributed by atoms with E-state index >= 15 is 0 Å². The van der Waals surface area contributed by atoms with Crippen molar-refractivity contribution in [2.45, 2.75) is 71.6 Å². The van der Waals surface area contributed by atoms with E-state index in [1.165, 1.54) is 0 Å². The van der Waals surface area contributed by atoms with Crippen molar-refractivity contribution in [1.29, 1.82) is 5.26 Å². The molecule has 0 saturated heterocycles. The third kappa shape index (κ3) is 7.87. The number of hydrogen-bond donors (Lipinski definition) is 2. The molecule has 2 rings (SSSR count). The monoisotopic (exact) mass is 428 g/mol. The Hall–Kier alpha value is -2.59. The van der Waals surface area contributed by atoms with Gasteiger partial charge >= 0.3 is 6.09 Å². The molecule has 1 aromatic rings. The average Bonchev–Trinajstić information content (AvgIpc) is 3.09. The number of benzene rings is 1. The molecule has 3 unspecified atom stereocenters. The van der Waals surface area contributed by atoms with Crippen molar-refractivity contribution in [2.75, 3.05) is 18.4 Å². The van der Waals surface area contributed by atoms with Crippen molar-refractivity contribution in [1.82, 2.24) is 10.2 Å². The summed E-state index contributed by atoms with van der Waals surface area (Å²) in [7, 11) is 0. The van der Waals surface area contributed by atoms with Crippen molar-refractivity contribution in [3.8, 4) is 6.07 Å². The van der Waals surface area contributed by atoms with Crippen LogP contribution in [0.1, 0.15) is 53.4 Å². The number of carbonyl (C=O) groups is 2. The van der Waals surface area contributed by atoms with Gasteiger partial charge in [0, 0.05) is 18.3 Å². The molecule has 7 nitrogen and oxygen atoms in total. The molecule has 0 bridgehead atoms. The van der Waals surface area contributed by atoms with Gasteiger partial charge in [-0.05, 0) is 63.5 Å². The summed E-state index contributed by atoms with van der Waals surface area (Å²) in [6.45, 7) is 8.75. The zero-order valence-corrected chi connectivity index (χ0v) is 19.1. The number of carbonyl (C=O) groups excluding carboxylic acids is 2. The number of nitrogens with zero attached hydrogens (tertiary/aromatic N) is 2. The second kappa shape index (κ2) is 12.3. The molecular formula is C24H36N4O3. The van der Waals surface area contributed by atoms with E-state index in [4.69, 9.17) is 10.00 Å². The van der Waals surface area contributed by atoms with Crippen LogP contribution in [0, 0.1) is 23.2 Å². The predicted octanol–water partition coefficient (Wildman–Crippen LogP) is 4.17. The van der Waals surface area contributed by atoms with Crippen LogP contribution in [0.3, 0.4) is 0 Å². The number of amides is 2. The van der Waals surface area contributed by atoms with E-state index in [9.17, 15) is 9.59 Å². The quantitative estimate of drug-likeness (QED) is 0.583. The molecule has 0 radical (unpaired) electrons. The minimum atomic E-state index is -0.438. The highest BCUT2D eigenvalue weighted by Crippen LogP contribution is 2.35. The average molecular weight is 429 g/mol. The van der Waals surface area contributed by atoms with Gasteiger partial charge in [0.15, 0.2) is 0 Å². The fourth-order valence-corrected chi connectivity index (χ4v) is 4.33. The van der Waals surface area contributed by atoms with Gasteiger partial charge in [-0.15, -0.1) is 0 Å². The van der Waals surface area contributed by atoms with Gasteiger partial charge in [-0.25, -0.2) is 4.79 Å². The van der Waals surface area contributed by atoms with Gasteiger partial charge in [0.05, 0.1) is 12.6 Å². The maximum atomic E-state index is 12.6. The highest BCUT2D eigenvalue weighted by Gasteiger charge is 2.33. The van der Waals surface area contributed by atoms with Gasteiger partial charge in [0.1, 0.15) is 12.1 Å². The number of nitrogens with one attached hydrogen (secondary N) is 2. The van der Waals surface area contributed by atoms with Gasteiger partial charge in [0.2, 0.25) is 5.91 Å². The lowest BCUT2D eigenvalue weighted by Gasteiger charge is -2.25. The first kappa shape index (κ1) is 24.7. The molecule has 0 aromatic heterocycles. The van der Waals surface area contributed by atoms with Crippen molar-refractivity contribution in [2.24, 2.45) is 11.8 Å². The summed E-state index contributed by atoms with van der Waals surface area (Å²) >= 11 is 0. The molecule has 2 N–H and O–H groups in total. The summed E-state index contributed by atoms with van der Waals surface area (Å²) in [5.41, 5.74) is 0.714. The smallest absolute Gasteiger partial charge is 0.411 e. The molecule has 31 heavy (non-hydrogen) atoms. The highest BCUT2D eigenvalue weighted by atomic mass is 16.6. The molecule has 1 aliphatic rings. The van der Waals surface area contributed by atoms with Crippen LogP contribution < -0.4 is 10.6 Å². The van der Waals surface area contributed by atoms with Crippen molar-refractivity contribution < 1.29 is 14.3 Å². The van der Waals surface area contributed by atoms with Crippen molar-refractivity contribution in [3.05, 3.63) is 30.3 Å². The standard InChI is InChI=1S/C24H36N4O3/c1-5-11-28(18(3)15-25)23(29)16-26-22-12-17(2)20(14-22)13-19(4)31-24(30)27-21-9-7-6-8-10-21/h6-10,17-20,22,26H,5,11-14,16H2,1-4H3,(H,27,30)/t17-,18?,19?,20+,22?/m1/s1. The Morgan fingerprint density at radius 1 is 1.26 bits per heavy atom. The third-order valence-electron chi connectivity index (χ3n) is 5.99. The zero-order valence-electron chi connectivity index (χ0n) is 19.1. The Bertz CT molecular complexity index is 749. The lowest BCUT2D eigenvalue weighted by Crippen LogP contribution is -2.45. The number of ether oxygens (including phenoxy) is 1. The Morgan fingerprint density at radius 2 is 1.97 bits per heavy atom. The Balaban J connectivity index is 1.76. The molecule has 0 heterocycles. The van der Waals surface area contributed by atoms with E-state index in [0.717, 1.165) is 25.7 Å². The molecule has 0 aliphatic heterocycles. The summed E-state index contributed by atoms with van der Waals surface area (Å²) < 4.78 is 5.53. The third-order valence-corrected chi connectivity index (χ3v) is 5.99. The Kier molecular flexibility index (Phi) is 9.80. The second-order valence-corrected chi connectivity index (χ2v) is 8.62. The lowest BCUT2D eigenvalue weighted by molar-refractivity contribution is -0.131. The van der Waals surface area contributed by atoms with Crippen LogP contribution in [0.15, 0.2) is 30.3 Å². The van der Waals surface area contributed by atoms with Crippen molar-refractivity contribution in [3.63, 3.8) is 0 Å². The van der Waals surface area contributed by atoms with E-state index in [1.807, 2.05) is 44.2 Å². The van der Waals surface area contributed by atoms with Crippen LogP contribution in [0.2, 0.25) is 0 Å². The molecule has 1 saturated carbocycles. The first-order chi connectivity index (χ1) is 14.8. The lowest BCUT2D eigenvalue weighted by atomic mass is 9.92. The molecule has 2 amide bonds. The van der Waals surface area contributed by atoms with Gasteiger partial charge in [-0.3, -0.25) is 10.1 Å². The van der Waals surface area contributed by atoms with Crippen LogP contribution in [-0.2, 0) is 9.53 Å². The minimum absolute atomic E-state index is 0.0266. The molecule has 1 aliphatic carbocycles. The largest absolute Gasteiger partial charge is 0.446 e. The maximum Gasteiger partial charge on any atom is 0.411 e. The first-order valence-electron chi connectivity index (χ1n) is 11.3. The molecule has 170 valence electrons. The Labute approximate surface area is 186 Å². The normalized spacial score (nSPS) is 22.2. The van der Waals surface area contributed by atoms with Crippen LogP contribution >= 0.6 is 0 Å². The van der Waals surface area contributed by atoms with E-state index in [2.05, 4.69) is 23.6 Å². The molecule has 0 spiro atoms. The molecule has 1 aromatic carbocycles. The minimum Gasteiger partial charge on any atom is -0.446 e. The van der Waals surface area contributed by atoms with E-state index in [1.54, 1.807) is 11.8 Å². The van der Waals surface area contributed by atoms with Crippen LogP contribution in [-0.4, -0.2) is 48.2 Å². The van der Waals surface area contributed by atoms with Gasteiger partial charge in [-0.1, -0.05) is 32.0 Å². The van der Waals surface area contributed by atoms with Gasteiger partial charge in [-0.2, -0.15) is 5.26 Å².